The maximum atomic E-state index is 13.6. The van der Waals surface area contributed by atoms with Crippen LogP contribution in [0.3, 0.4) is 0 Å². The smallest absolute Gasteiger partial charge is 0.387 e. The molecule has 0 saturated carbocycles. The highest BCUT2D eigenvalue weighted by Gasteiger charge is 2.40. The predicted octanol–water partition coefficient (Wildman–Crippen LogP) is 4.09. The number of hydrogen-bond acceptors (Lipinski definition) is 6. The number of nitrogens with two attached hydrogens (primary N) is 1. The lowest BCUT2D eigenvalue weighted by Gasteiger charge is -2.26. The number of carboxylic acid groups (broad SMARTS) is 1. The van der Waals surface area contributed by atoms with Gasteiger partial charge in [0.2, 0.25) is 0 Å². The van der Waals surface area contributed by atoms with Gasteiger partial charge in [-0.1, -0.05) is 24.3 Å². The molecule has 3 N–H and O–H groups in total. The standard InChI is InChI=1S/C22H18F3N3O2.CH2O2/c1-13-7-17(5-6-19(13)30-20(24)25)22(12-29-21(26)28-22)16-4-2-3-14(8-16)15-9-18(23)11-27-10-15;2-1-3/h2-11,20H,12H2,1H3,(H2,26,28);1H,(H,2,3). The van der Waals surface area contributed by atoms with Crippen LogP contribution in [0.2, 0.25) is 0 Å². The molecule has 1 aliphatic heterocycles. The van der Waals surface area contributed by atoms with Gasteiger partial charge in [-0.2, -0.15) is 8.78 Å². The Morgan fingerprint density at radius 1 is 1.15 bits per heavy atom. The summed E-state index contributed by atoms with van der Waals surface area (Å²) in [6, 6.07) is 13.7. The number of aryl methyl sites for hydroxylation is 1. The number of benzene rings is 2. The van der Waals surface area contributed by atoms with Gasteiger partial charge in [0.05, 0.1) is 6.20 Å². The molecule has 33 heavy (non-hydrogen) atoms. The fraction of sp³-hybridized carbons (Fsp3) is 0.174. The second-order valence-electron chi connectivity index (χ2n) is 7.04. The van der Waals surface area contributed by atoms with Gasteiger partial charge in [-0.15, -0.1) is 0 Å². The molecule has 0 amide bonds. The molecule has 2 heterocycles. The number of alkyl halides is 2. The third-order valence-electron chi connectivity index (χ3n) is 4.98. The van der Waals surface area contributed by atoms with E-state index < -0.39 is 18.0 Å². The van der Waals surface area contributed by atoms with Gasteiger partial charge in [0.15, 0.2) is 5.54 Å². The fourth-order valence-corrected chi connectivity index (χ4v) is 3.55. The highest BCUT2D eigenvalue weighted by molar-refractivity contribution is 5.76. The van der Waals surface area contributed by atoms with Crippen LogP contribution in [0.15, 0.2) is 65.9 Å². The van der Waals surface area contributed by atoms with Crippen molar-refractivity contribution in [2.45, 2.75) is 19.1 Å². The minimum absolute atomic E-state index is 0.0263. The summed E-state index contributed by atoms with van der Waals surface area (Å²) in [5.74, 6) is -0.358. The molecule has 10 heteroatoms. The van der Waals surface area contributed by atoms with Gasteiger partial charge in [0.1, 0.15) is 18.2 Å². The summed E-state index contributed by atoms with van der Waals surface area (Å²) in [6.07, 6.45) is 2.70. The molecule has 0 aliphatic carbocycles. The Balaban J connectivity index is 0.000000968. The van der Waals surface area contributed by atoms with Crippen molar-refractivity contribution in [3.05, 3.63) is 83.4 Å². The van der Waals surface area contributed by atoms with Crippen LogP contribution in [0, 0.1) is 12.7 Å². The van der Waals surface area contributed by atoms with Crippen LogP contribution < -0.4 is 10.5 Å². The molecule has 0 saturated heterocycles. The average molecular weight is 459 g/mol. The Labute approximate surface area is 187 Å². The van der Waals surface area contributed by atoms with E-state index in [9.17, 15) is 13.2 Å². The number of carbonyl (C=O) groups is 1. The number of rotatable bonds is 5. The van der Waals surface area contributed by atoms with Crippen molar-refractivity contribution in [1.82, 2.24) is 4.98 Å². The molecule has 4 rings (SSSR count). The first-order valence-corrected chi connectivity index (χ1v) is 9.62. The van der Waals surface area contributed by atoms with E-state index in [0.29, 0.717) is 16.7 Å². The largest absolute Gasteiger partial charge is 0.483 e. The second kappa shape index (κ2) is 10.0. The Hall–Kier alpha value is -4.08. The molecule has 172 valence electrons. The van der Waals surface area contributed by atoms with E-state index >= 15 is 0 Å². The molecule has 1 unspecified atom stereocenters. The zero-order chi connectivity index (χ0) is 24.0. The number of aliphatic imine (C=N–C) groups is 1. The maximum absolute atomic E-state index is 13.6. The molecule has 3 aromatic rings. The van der Waals surface area contributed by atoms with E-state index in [1.165, 1.54) is 12.1 Å². The molecule has 0 bridgehead atoms. The minimum atomic E-state index is -2.91. The zero-order valence-electron chi connectivity index (χ0n) is 17.4. The first kappa shape index (κ1) is 23.6. The lowest BCUT2D eigenvalue weighted by molar-refractivity contribution is -0.122. The molecule has 1 aliphatic rings. The Morgan fingerprint density at radius 3 is 2.48 bits per heavy atom. The van der Waals surface area contributed by atoms with Crippen molar-refractivity contribution < 1.29 is 32.5 Å². The van der Waals surface area contributed by atoms with Crippen LogP contribution in [0.25, 0.3) is 11.1 Å². The SMILES string of the molecule is Cc1cc(C2(c3cccc(-c4cncc(F)c4)c3)COC(N)=N2)ccc1OC(F)F.O=CO. The maximum Gasteiger partial charge on any atom is 0.387 e. The van der Waals surface area contributed by atoms with E-state index in [2.05, 4.69) is 14.7 Å². The summed E-state index contributed by atoms with van der Waals surface area (Å²) in [7, 11) is 0. The molecule has 0 radical (unpaired) electrons. The van der Waals surface area contributed by atoms with Gasteiger partial charge < -0.3 is 20.3 Å². The van der Waals surface area contributed by atoms with Crippen LogP contribution in [0.1, 0.15) is 16.7 Å². The predicted molar refractivity (Wildman–Crippen MR) is 114 cm³/mol. The van der Waals surface area contributed by atoms with Gasteiger partial charge in [0, 0.05) is 11.8 Å². The number of hydrogen-bond donors (Lipinski definition) is 2. The van der Waals surface area contributed by atoms with E-state index in [-0.39, 0.29) is 24.9 Å². The Morgan fingerprint density at radius 2 is 1.88 bits per heavy atom. The molecule has 7 nitrogen and oxygen atoms in total. The van der Waals surface area contributed by atoms with Crippen LogP contribution in [-0.4, -0.2) is 35.8 Å². The van der Waals surface area contributed by atoms with Crippen molar-refractivity contribution in [3.8, 4) is 16.9 Å². The molecule has 2 aromatic carbocycles. The molecule has 0 spiro atoms. The summed E-state index contributed by atoms with van der Waals surface area (Å²) >= 11 is 0. The van der Waals surface area contributed by atoms with Crippen LogP contribution in [0.4, 0.5) is 13.2 Å². The van der Waals surface area contributed by atoms with Crippen molar-refractivity contribution in [1.29, 1.82) is 0 Å². The monoisotopic (exact) mass is 459 g/mol. The van der Waals surface area contributed by atoms with Gasteiger partial charge >= 0.3 is 6.61 Å². The minimum Gasteiger partial charge on any atom is -0.483 e. The molecular weight excluding hydrogens is 439 g/mol. The molecule has 0 fully saturated rings. The number of halogens is 3. The van der Waals surface area contributed by atoms with E-state index in [4.69, 9.17) is 20.4 Å². The molecular formula is C23H20F3N3O4. The summed E-state index contributed by atoms with van der Waals surface area (Å²) < 4.78 is 48.9. The first-order chi connectivity index (χ1) is 15.8. The Bertz CT molecular complexity index is 1170. The topological polar surface area (TPSA) is 107 Å². The van der Waals surface area contributed by atoms with E-state index in [1.54, 1.807) is 25.3 Å². The Kier molecular flexibility index (Phi) is 7.17. The van der Waals surface area contributed by atoms with Crippen LogP contribution in [0.5, 0.6) is 5.75 Å². The lowest BCUT2D eigenvalue weighted by Crippen LogP contribution is -2.27. The third-order valence-corrected chi connectivity index (χ3v) is 4.98. The van der Waals surface area contributed by atoms with Crippen LogP contribution in [-0.2, 0) is 15.1 Å². The van der Waals surface area contributed by atoms with Crippen molar-refractivity contribution in [3.63, 3.8) is 0 Å². The van der Waals surface area contributed by atoms with E-state index in [1.807, 2.05) is 24.3 Å². The fourth-order valence-electron chi connectivity index (χ4n) is 3.55. The number of amidine groups is 1. The van der Waals surface area contributed by atoms with Gasteiger partial charge in [-0.05, 0) is 53.4 Å². The van der Waals surface area contributed by atoms with Gasteiger partial charge in [-0.25, -0.2) is 9.38 Å². The highest BCUT2D eigenvalue weighted by atomic mass is 19.3. The summed E-state index contributed by atoms with van der Waals surface area (Å²) in [5.41, 5.74) is 8.20. The van der Waals surface area contributed by atoms with Crippen LogP contribution >= 0.6 is 0 Å². The second-order valence-corrected chi connectivity index (χ2v) is 7.04. The van der Waals surface area contributed by atoms with Gasteiger partial charge in [0.25, 0.3) is 12.5 Å². The average Bonchev–Trinajstić information content (AvgIpc) is 3.18. The van der Waals surface area contributed by atoms with E-state index in [0.717, 1.165) is 17.3 Å². The number of ether oxygens (including phenoxy) is 2. The lowest BCUT2D eigenvalue weighted by atomic mass is 9.82. The first-order valence-electron chi connectivity index (χ1n) is 9.62. The van der Waals surface area contributed by atoms with Gasteiger partial charge in [-0.3, -0.25) is 9.78 Å². The number of pyridine rings is 1. The normalized spacial score (nSPS) is 16.9. The summed E-state index contributed by atoms with van der Waals surface area (Å²) in [4.78, 5) is 16.8. The number of aromatic nitrogens is 1. The summed E-state index contributed by atoms with van der Waals surface area (Å²) in [6.45, 7) is -1.35. The third kappa shape index (κ3) is 5.22. The van der Waals surface area contributed by atoms with Crippen molar-refractivity contribution in [2.75, 3.05) is 6.61 Å². The molecule has 1 atom stereocenters. The molecule has 1 aromatic heterocycles. The summed E-state index contributed by atoms with van der Waals surface area (Å²) in [5, 5.41) is 6.89. The van der Waals surface area contributed by atoms with Crippen molar-refractivity contribution in [2.24, 2.45) is 10.7 Å². The highest BCUT2D eigenvalue weighted by Crippen LogP contribution is 2.40. The zero-order valence-corrected chi connectivity index (χ0v) is 17.4. The van der Waals surface area contributed by atoms with Crippen molar-refractivity contribution >= 4 is 12.5 Å². The number of nitrogens with zero attached hydrogens (tertiary/aromatic N) is 2. The quantitative estimate of drug-likeness (QED) is 0.557.